The molecule has 1 unspecified atom stereocenters. The SMILES string of the molecule is Nc1ccc(CC(=O)N2CCC(Cc3ccccc3)C2)cc1. The fraction of sp³-hybridized carbons (Fsp3) is 0.316. The molecule has 0 radical (unpaired) electrons. The maximum absolute atomic E-state index is 12.4. The second-order valence-electron chi connectivity index (χ2n) is 6.10. The lowest BCUT2D eigenvalue weighted by Gasteiger charge is -2.17. The van der Waals surface area contributed by atoms with Crippen LogP contribution >= 0.6 is 0 Å². The standard InChI is InChI=1S/C19H22N2O/c20-18-8-6-16(7-9-18)13-19(22)21-11-10-17(14-21)12-15-4-2-1-3-5-15/h1-9,17H,10-14,20H2. The van der Waals surface area contributed by atoms with Crippen molar-refractivity contribution < 1.29 is 4.79 Å². The molecule has 1 saturated heterocycles. The first-order valence-corrected chi connectivity index (χ1v) is 7.87. The number of amides is 1. The highest BCUT2D eigenvalue weighted by Crippen LogP contribution is 2.21. The smallest absolute Gasteiger partial charge is 0.226 e. The molecule has 0 saturated carbocycles. The minimum Gasteiger partial charge on any atom is -0.399 e. The summed E-state index contributed by atoms with van der Waals surface area (Å²) in [6.45, 7) is 1.76. The molecule has 1 fully saturated rings. The molecule has 1 atom stereocenters. The maximum Gasteiger partial charge on any atom is 0.226 e. The summed E-state index contributed by atoms with van der Waals surface area (Å²) in [5.41, 5.74) is 8.81. The van der Waals surface area contributed by atoms with E-state index in [1.54, 1.807) is 0 Å². The number of rotatable bonds is 4. The zero-order valence-corrected chi connectivity index (χ0v) is 12.7. The second kappa shape index (κ2) is 6.65. The number of nitrogens with zero attached hydrogens (tertiary/aromatic N) is 1. The van der Waals surface area contributed by atoms with Gasteiger partial charge in [-0.25, -0.2) is 0 Å². The van der Waals surface area contributed by atoms with E-state index in [-0.39, 0.29) is 5.91 Å². The summed E-state index contributed by atoms with van der Waals surface area (Å²) >= 11 is 0. The molecule has 3 nitrogen and oxygen atoms in total. The Hall–Kier alpha value is -2.29. The molecular formula is C19H22N2O. The minimum atomic E-state index is 0.223. The molecule has 2 N–H and O–H groups in total. The van der Waals surface area contributed by atoms with Crippen LogP contribution in [0.25, 0.3) is 0 Å². The molecule has 1 aliphatic rings. The molecule has 22 heavy (non-hydrogen) atoms. The van der Waals surface area contributed by atoms with Gasteiger partial charge < -0.3 is 10.6 Å². The first kappa shape index (κ1) is 14.6. The monoisotopic (exact) mass is 294 g/mol. The minimum absolute atomic E-state index is 0.223. The molecule has 1 amide bonds. The van der Waals surface area contributed by atoms with E-state index in [4.69, 9.17) is 5.73 Å². The number of hydrogen-bond acceptors (Lipinski definition) is 2. The number of carbonyl (C=O) groups is 1. The third-order valence-corrected chi connectivity index (χ3v) is 4.34. The van der Waals surface area contributed by atoms with Gasteiger partial charge in [-0.1, -0.05) is 42.5 Å². The van der Waals surface area contributed by atoms with Crippen LogP contribution in [0, 0.1) is 5.92 Å². The second-order valence-corrected chi connectivity index (χ2v) is 6.10. The van der Waals surface area contributed by atoms with Crippen molar-refractivity contribution in [1.29, 1.82) is 0 Å². The van der Waals surface area contributed by atoms with Crippen molar-refractivity contribution in [2.45, 2.75) is 19.3 Å². The fourth-order valence-corrected chi connectivity index (χ4v) is 3.10. The highest BCUT2D eigenvalue weighted by molar-refractivity contribution is 5.79. The van der Waals surface area contributed by atoms with E-state index in [0.29, 0.717) is 12.3 Å². The van der Waals surface area contributed by atoms with E-state index < -0.39 is 0 Å². The highest BCUT2D eigenvalue weighted by atomic mass is 16.2. The van der Waals surface area contributed by atoms with Crippen LogP contribution in [0.2, 0.25) is 0 Å². The van der Waals surface area contributed by atoms with Crippen molar-refractivity contribution in [2.24, 2.45) is 5.92 Å². The topological polar surface area (TPSA) is 46.3 Å². The van der Waals surface area contributed by atoms with Crippen LogP contribution in [-0.2, 0) is 17.6 Å². The lowest BCUT2D eigenvalue weighted by Crippen LogP contribution is -2.30. The van der Waals surface area contributed by atoms with Crippen LogP contribution in [0.1, 0.15) is 17.5 Å². The first-order chi connectivity index (χ1) is 10.7. The average molecular weight is 294 g/mol. The van der Waals surface area contributed by atoms with E-state index in [1.165, 1.54) is 5.56 Å². The lowest BCUT2D eigenvalue weighted by molar-refractivity contribution is -0.129. The van der Waals surface area contributed by atoms with Gasteiger partial charge in [0, 0.05) is 18.8 Å². The Bertz CT molecular complexity index is 622. The van der Waals surface area contributed by atoms with Gasteiger partial charge in [-0.3, -0.25) is 4.79 Å². The molecule has 0 aliphatic carbocycles. The van der Waals surface area contributed by atoms with Crippen LogP contribution in [0.4, 0.5) is 5.69 Å². The molecule has 3 heteroatoms. The van der Waals surface area contributed by atoms with E-state index in [0.717, 1.165) is 37.2 Å². The normalized spacial score (nSPS) is 17.6. The number of carbonyl (C=O) groups excluding carboxylic acids is 1. The van der Waals surface area contributed by atoms with Crippen molar-refractivity contribution in [3.05, 3.63) is 65.7 Å². The number of anilines is 1. The first-order valence-electron chi connectivity index (χ1n) is 7.87. The predicted molar refractivity (Wildman–Crippen MR) is 89.4 cm³/mol. The molecule has 0 spiro atoms. The van der Waals surface area contributed by atoms with Crippen LogP contribution in [0.15, 0.2) is 54.6 Å². The summed E-state index contributed by atoms with van der Waals surface area (Å²) in [5, 5.41) is 0. The van der Waals surface area contributed by atoms with Gasteiger partial charge in [0.1, 0.15) is 0 Å². The van der Waals surface area contributed by atoms with E-state index in [9.17, 15) is 4.79 Å². The summed E-state index contributed by atoms with van der Waals surface area (Å²) in [6, 6.07) is 18.1. The van der Waals surface area contributed by atoms with E-state index in [2.05, 4.69) is 24.3 Å². The summed E-state index contributed by atoms with van der Waals surface area (Å²) in [7, 11) is 0. The van der Waals surface area contributed by atoms with Gasteiger partial charge >= 0.3 is 0 Å². The summed E-state index contributed by atoms with van der Waals surface area (Å²) < 4.78 is 0. The van der Waals surface area contributed by atoms with Gasteiger partial charge in [-0.2, -0.15) is 0 Å². The lowest BCUT2D eigenvalue weighted by atomic mass is 9.99. The Morgan fingerprint density at radius 3 is 2.50 bits per heavy atom. The molecule has 1 heterocycles. The summed E-state index contributed by atoms with van der Waals surface area (Å²) in [4.78, 5) is 14.4. The van der Waals surface area contributed by atoms with Crippen molar-refractivity contribution >= 4 is 11.6 Å². The fourth-order valence-electron chi connectivity index (χ4n) is 3.10. The zero-order valence-electron chi connectivity index (χ0n) is 12.7. The molecule has 0 bridgehead atoms. The van der Waals surface area contributed by atoms with Gasteiger partial charge in [-0.15, -0.1) is 0 Å². The van der Waals surface area contributed by atoms with E-state index >= 15 is 0 Å². The van der Waals surface area contributed by atoms with Crippen LogP contribution in [0.5, 0.6) is 0 Å². The molecule has 2 aromatic rings. The third-order valence-electron chi connectivity index (χ3n) is 4.34. The van der Waals surface area contributed by atoms with Crippen LogP contribution in [0.3, 0.4) is 0 Å². The van der Waals surface area contributed by atoms with Crippen molar-refractivity contribution in [3.63, 3.8) is 0 Å². The number of nitrogen functional groups attached to an aromatic ring is 1. The molecule has 1 aliphatic heterocycles. The Kier molecular flexibility index (Phi) is 4.42. The molecule has 114 valence electrons. The van der Waals surface area contributed by atoms with Crippen molar-refractivity contribution in [2.75, 3.05) is 18.8 Å². The number of likely N-dealkylation sites (tertiary alicyclic amines) is 1. The highest BCUT2D eigenvalue weighted by Gasteiger charge is 2.26. The third kappa shape index (κ3) is 3.67. The maximum atomic E-state index is 12.4. The summed E-state index contributed by atoms with van der Waals surface area (Å²) in [5.74, 6) is 0.804. The van der Waals surface area contributed by atoms with Gasteiger partial charge in [0.05, 0.1) is 6.42 Å². The molecule has 0 aromatic heterocycles. The molecular weight excluding hydrogens is 272 g/mol. The largest absolute Gasteiger partial charge is 0.399 e. The Morgan fingerprint density at radius 1 is 1.05 bits per heavy atom. The van der Waals surface area contributed by atoms with Crippen molar-refractivity contribution in [1.82, 2.24) is 4.90 Å². The zero-order chi connectivity index (χ0) is 15.4. The molecule has 2 aromatic carbocycles. The average Bonchev–Trinajstić information content (AvgIpc) is 2.99. The number of benzene rings is 2. The quantitative estimate of drug-likeness (QED) is 0.881. The Balaban J connectivity index is 1.53. The van der Waals surface area contributed by atoms with E-state index in [1.807, 2.05) is 35.2 Å². The Morgan fingerprint density at radius 2 is 1.77 bits per heavy atom. The number of nitrogens with two attached hydrogens (primary N) is 1. The number of hydrogen-bond donors (Lipinski definition) is 1. The van der Waals surface area contributed by atoms with Gasteiger partial charge in [0.25, 0.3) is 0 Å². The summed E-state index contributed by atoms with van der Waals surface area (Å²) in [6.07, 6.45) is 2.63. The predicted octanol–water partition coefficient (Wildman–Crippen LogP) is 2.90. The van der Waals surface area contributed by atoms with Crippen LogP contribution in [-0.4, -0.2) is 23.9 Å². The molecule has 3 rings (SSSR count). The van der Waals surface area contributed by atoms with Gasteiger partial charge in [-0.05, 0) is 42.0 Å². The van der Waals surface area contributed by atoms with Gasteiger partial charge in [0.2, 0.25) is 5.91 Å². The van der Waals surface area contributed by atoms with Crippen molar-refractivity contribution in [3.8, 4) is 0 Å². The van der Waals surface area contributed by atoms with Gasteiger partial charge in [0.15, 0.2) is 0 Å². The Labute approximate surface area is 131 Å². The van der Waals surface area contributed by atoms with Crippen LogP contribution < -0.4 is 5.73 Å².